The molecule has 0 aromatic heterocycles. The van der Waals surface area contributed by atoms with Crippen molar-refractivity contribution in [3.05, 3.63) is 62.6 Å². The summed E-state index contributed by atoms with van der Waals surface area (Å²) < 4.78 is 6.45. The fraction of sp³-hybridized carbons (Fsp3) is 0.200. The smallest absolute Gasteiger partial charge is 0.122 e. The summed E-state index contributed by atoms with van der Waals surface area (Å²) in [6.45, 7) is 0.763. The zero-order valence-electron chi connectivity index (χ0n) is 10.2. The average Bonchev–Trinajstić information content (AvgIpc) is 2.85. The molecular formula is C15H13BrClNO. The van der Waals surface area contributed by atoms with Crippen molar-refractivity contribution in [3.8, 4) is 5.75 Å². The molecule has 2 aromatic rings. The first kappa shape index (κ1) is 13.0. The number of fused-ring (bicyclic) bond motifs is 1. The van der Waals surface area contributed by atoms with Crippen LogP contribution in [0.5, 0.6) is 5.75 Å². The van der Waals surface area contributed by atoms with Gasteiger partial charge in [-0.2, -0.15) is 0 Å². The van der Waals surface area contributed by atoms with E-state index in [1.54, 1.807) is 0 Å². The Hall–Kier alpha value is -1.03. The molecule has 0 spiro atoms. The summed E-state index contributed by atoms with van der Waals surface area (Å²) in [7, 11) is 0. The topological polar surface area (TPSA) is 35.2 Å². The first-order chi connectivity index (χ1) is 9.15. The zero-order valence-corrected chi connectivity index (χ0v) is 12.5. The summed E-state index contributed by atoms with van der Waals surface area (Å²) in [5.41, 5.74) is 9.70. The van der Waals surface area contributed by atoms with Gasteiger partial charge >= 0.3 is 0 Å². The van der Waals surface area contributed by atoms with Crippen LogP contribution in [-0.2, 0) is 6.42 Å². The van der Waals surface area contributed by atoms with Gasteiger partial charge in [-0.25, -0.2) is 0 Å². The van der Waals surface area contributed by atoms with Crippen LogP contribution in [-0.4, -0.2) is 6.61 Å². The molecule has 1 atom stereocenters. The second-order valence-electron chi connectivity index (χ2n) is 4.61. The number of ether oxygens (including phenoxy) is 1. The highest BCUT2D eigenvalue weighted by Crippen LogP contribution is 2.32. The maximum atomic E-state index is 6.35. The Morgan fingerprint density at radius 1 is 1.21 bits per heavy atom. The van der Waals surface area contributed by atoms with Crippen molar-refractivity contribution in [2.45, 2.75) is 12.5 Å². The zero-order chi connectivity index (χ0) is 13.4. The molecule has 0 saturated carbocycles. The summed E-state index contributed by atoms with van der Waals surface area (Å²) in [4.78, 5) is 0. The van der Waals surface area contributed by atoms with E-state index in [1.165, 1.54) is 5.56 Å². The quantitative estimate of drug-likeness (QED) is 0.895. The van der Waals surface area contributed by atoms with Crippen molar-refractivity contribution in [2.24, 2.45) is 5.73 Å². The normalized spacial score (nSPS) is 14.9. The Balaban J connectivity index is 1.97. The fourth-order valence-electron chi connectivity index (χ4n) is 2.33. The number of nitrogens with two attached hydrogens (primary N) is 1. The van der Waals surface area contributed by atoms with E-state index in [0.29, 0.717) is 5.02 Å². The Labute approximate surface area is 125 Å². The molecule has 2 nitrogen and oxygen atoms in total. The Morgan fingerprint density at radius 2 is 2.05 bits per heavy atom. The molecule has 1 aliphatic rings. The minimum Gasteiger partial charge on any atom is -0.493 e. The van der Waals surface area contributed by atoms with Gasteiger partial charge in [0.05, 0.1) is 12.6 Å². The molecule has 1 heterocycles. The maximum Gasteiger partial charge on any atom is 0.122 e. The molecule has 1 unspecified atom stereocenters. The van der Waals surface area contributed by atoms with Crippen LogP contribution in [0.25, 0.3) is 0 Å². The molecule has 0 aliphatic carbocycles. The molecule has 19 heavy (non-hydrogen) atoms. The molecule has 0 amide bonds. The minimum absolute atomic E-state index is 0.169. The van der Waals surface area contributed by atoms with E-state index >= 15 is 0 Å². The molecule has 3 rings (SSSR count). The molecule has 2 N–H and O–H groups in total. The molecule has 1 aliphatic heterocycles. The predicted octanol–water partition coefficient (Wildman–Crippen LogP) is 4.09. The fourth-order valence-corrected chi connectivity index (χ4v) is 3.26. The first-order valence-electron chi connectivity index (χ1n) is 6.11. The van der Waals surface area contributed by atoms with Crippen molar-refractivity contribution < 1.29 is 4.74 Å². The highest BCUT2D eigenvalue weighted by molar-refractivity contribution is 9.10. The summed E-state index contributed by atoms with van der Waals surface area (Å²) in [6.07, 6.45) is 0.956. The van der Waals surface area contributed by atoms with Crippen LogP contribution in [0.1, 0.15) is 22.7 Å². The molecule has 0 fully saturated rings. The summed E-state index contributed by atoms with van der Waals surface area (Å²) in [5.74, 6) is 0.978. The van der Waals surface area contributed by atoms with Crippen molar-refractivity contribution in [2.75, 3.05) is 6.61 Å². The van der Waals surface area contributed by atoms with Crippen LogP contribution in [0.3, 0.4) is 0 Å². The molecule has 0 radical (unpaired) electrons. The monoisotopic (exact) mass is 337 g/mol. The molecule has 0 saturated heterocycles. The number of rotatable bonds is 2. The molecule has 98 valence electrons. The second kappa shape index (κ2) is 5.16. The standard InChI is InChI=1S/C15H13BrClNO/c16-13-8-11(17)2-3-12(13)15(18)10-1-4-14-9(7-10)5-6-19-14/h1-4,7-8,15H,5-6,18H2. The lowest BCUT2D eigenvalue weighted by atomic mass is 9.97. The van der Waals surface area contributed by atoms with Gasteiger partial charge in [0.15, 0.2) is 0 Å². The van der Waals surface area contributed by atoms with Crippen molar-refractivity contribution in [1.29, 1.82) is 0 Å². The lowest BCUT2D eigenvalue weighted by molar-refractivity contribution is 0.357. The summed E-state index contributed by atoms with van der Waals surface area (Å²) >= 11 is 9.48. The van der Waals surface area contributed by atoms with Gasteiger partial charge in [0.2, 0.25) is 0 Å². The second-order valence-corrected chi connectivity index (χ2v) is 5.90. The predicted molar refractivity (Wildman–Crippen MR) is 80.8 cm³/mol. The lowest BCUT2D eigenvalue weighted by Gasteiger charge is -2.15. The third kappa shape index (κ3) is 2.50. The number of benzene rings is 2. The van der Waals surface area contributed by atoms with Gasteiger partial charge in [0, 0.05) is 15.9 Å². The molecule has 4 heteroatoms. The van der Waals surface area contributed by atoms with Gasteiger partial charge in [-0.3, -0.25) is 0 Å². The van der Waals surface area contributed by atoms with E-state index in [9.17, 15) is 0 Å². The van der Waals surface area contributed by atoms with Gasteiger partial charge in [-0.15, -0.1) is 0 Å². The van der Waals surface area contributed by atoms with E-state index in [2.05, 4.69) is 22.0 Å². The highest BCUT2D eigenvalue weighted by Gasteiger charge is 2.17. The maximum absolute atomic E-state index is 6.35. The van der Waals surface area contributed by atoms with Gasteiger partial charge in [-0.1, -0.05) is 45.7 Å². The SMILES string of the molecule is NC(c1ccc2c(c1)CCO2)c1ccc(Cl)cc1Br. The van der Waals surface area contributed by atoms with E-state index in [1.807, 2.05) is 30.3 Å². The largest absolute Gasteiger partial charge is 0.493 e. The number of hydrogen-bond donors (Lipinski definition) is 1. The van der Waals surface area contributed by atoms with E-state index in [0.717, 1.165) is 34.4 Å². The van der Waals surface area contributed by atoms with Gasteiger partial charge < -0.3 is 10.5 Å². The van der Waals surface area contributed by atoms with Gasteiger partial charge in [-0.05, 0) is 34.9 Å². The Kier molecular flexibility index (Phi) is 3.52. The van der Waals surface area contributed by atoms with E-state index in [-0.39, 0.29) is 6.04 Å². The van der Waals surface area contributed by atoms with Crippen molar-refractivity contribution >= 4 is 27.5 Å². The third-order valence-electron chi connectivity index (χ3n) is 3.37. The van der Waals surface area contributed by atoms with E-state index in [4.69, 9.17) is 22.1 Å². The highest BCUT2D eigenvalue weighted by atomic mass is 79.9. The molecule has 0 bridgehead atoms. The molecular weight excluding hydrogens is 326 g/mol. The van der Waals surface area contributed by atoms with Crippen LogP contribution in [0.2, 0.25) is 5.02 Å². The van der Waals surface area contributed by atoms with Crippen LogP contribution in [0, 0.1) is 0 Å². The summed E-state index contributed by atoms with van der Waals surface area (Å²) in [5, 5.41) is 0.699. The Morgan fingerprint density at radius 3 is 2.84 bits per heavy atom. The first-order valence-corrected chi connectivity index (χ1v) is 7.28. The lowest BCUT2D eigenvalue weighted by Crippen LogP contribution is -2.12. The number of halogens is 2. The van der Waals surface area contributed by atoms with Crippen LogP contribution < -0.4 is 10.5 Å². The third-order valence-corrected chi connectivity index (χ3v) is 4.29. The van der Waals surface area contributed by atoms with Gasteiger partial charge in [0.25, 0.3) is 0 Å². The Bertz CT molecular complexity index is 630. The van der Waals surface area contributed by atoms with Crippen LogP contribution >= 0.6 is 27.5 Å². The minimum atomic E-state index is -0.169. The number of hydrogen-bond acceptors (Lipinski definition) is 2. The van der Waals surface area contributed by atoms with Crippen LogP contribution in [0.4, 0.5) is 0 Å². The van der Waals surface area contributed by atoms with E-state index < -0.39 is 0 Å². The molecule has 2 aromatic carbocycles. The van der Waals surface area contributed by atoms with Crippen molar-refractivity contribution in [1.82, 2.24) is 0 Å². The van der Waals surface area contributed by atoms with Gasteiger partial charge in [0.1, 0.15) is 5.75 Å². The van der Waals surface area contributed by atoms with Crippen LogP contribution in [0.15, 0.2) is 40.9 Å². The van der Waals surface area contributed by atoms with Crippen molar-refractivity contribution in [3.63, 3.8) is 0 Å². The summed E-state index contributed by atoms with van der Waals surface area (Å²) in [6, 6.07) is 11.7. The average molecular weight is 339 g/mol.